The SMILES string of the molecule is Cc1ccc(C(C)(C)C(=O)N2CCC[C@H]2c2cc(Nc3nccs3)cc(C)n2)cc1. The molecule has 1 aliphatic rings. The lowest BCUT2D eigenvalue weighted by molar-refractivity contribution is -0.137. The lowest BCUT2D eigenvalue weighted by atomic mass is 9.82. The van der Waals surface area contributed by atoms with E-state index in [0.29, 0.717) is 0 Å². The molecule has 3 heterocycles. The van der Waals surface area contributed by atoms with Crippen molar-refractivity contribution < 1.29 is 4.79 Å². The number of benzene rings is 1. The zero-order valence-corrected chi connectivity index (χ0v) is 18.8. The van der Waals surface area contributed by atoms with Crippen molar-refractivity contribution in [3.05, 3.63) is 70.5 Å². The smallest absolute Gasteiger partial charge is 0.233 e. The Morgan fingerprint density at radius 2 is 1.97 bits per heavy atom. The van der Waals surface area contributed by atoms with Crippen molar-refractivity contribution in [3.8, 4) is 0 Å². The topological polar surface area (TPSA) is 58.1 Å². The quantitative estimate of drug-likeness (QED) is 0.589. The third-order valence-electron chi connectivity index (χ3n) is 5.82. The first kappa shape index (κ1) is 20.5. The van der Waals surface area contributed by atoms with E-state index in [9.17, 15) is 4.79 Å². The van der Waals surface area contributed by atoms with E-state index in [4.69, 9.17) is 4.98 Å². The molecule has 1 saturated heterocycles. The first-order valence-corrected chi connectivity index (χ1v) is 11.3. The van der Waals surface area contributed by atoms with Crippen LogP contribution in [0.5, 0.6) is 0 Å². The van der Waals surface area contributed by atoms with Crippen molar-refractivity contribution in [2.24, 2.45) is 0 Å². The molecule has 0 unspecified atom stereocenters. The van der Waals surface area contributed by atoms with Gasteiger partial charge < -0.3 is 10.2 Å². The summed E-state index contributed by atoms with van der Waals surface area (Å²) in [5, 5.41) is 6.16. The number of rotatable bonds is 5. The van der Waals surface area contributed by atoms with Crippen LogP contribution in [0.15, 0.2) is 48.0 Å². The van der Waals surface area contributed by atoms with E-state index in [1.54, 1.807) is 17.5 Å². The molecule has 1 aromatic carbocycles. The lowest BCUT2D eigenvalue weighted by Crippen LogP contribution is -2.43. The Kier molecular flexibility index (Phi) is 5.60. The summed E-state index contributed by atoms with van der Waals surface area (Å²) in [4.78, 5) is 24.8. The maximum Gasteiger partial charge on any atom is 0.233 e. The number of aryl methyl sites for hydroxylation is 2. The number of amides is 1. The van der Waals surface area contributed by atoms with Crippen molar-refractivity contribution >= 4 is 28.1 Å². The summed E-state index contributed by atoms with van der Waals surface area (Å²) in [6.07, 6.45) is 3.71. The van der Waals surface area contributed by atoms with Gasteiger partial charge in [0.1, 0.15) is 0 Å². The third kappa shape index (κ3) is 4.10. The molecule has 1 aliphatic heterocycles. The number of nitrogens with one attached hydrogen (secondary N) is 1. The number of thiazole rings is 1. The normalized spacial score (nSPS) is 16.7. The Hall–Kier alpha value is -2.73. The second kappa shape index (κ2) is 8.19. The van der Waals surface area contributed by atoms with Gasteiger partial charge in [0.05, 0.1) is 17.2 Å². The number of likely N-dealkylation sites (tertiary alicyclic amines) is 1. The molecule has 1 amide bonds. The van der Waals surface area contributed by atoms with Gasteiger partial charge >= 0.3 is 0 Å². The van der Waals surface area contributed by atoms with Crippen LogP contribution in [0.25, 0.3) is 0 Å². The Bertz CT molecular complexity index is 1030. The monoisotopic (exact) mass is 420 g/mol. The molecule has 3 aromatic rings. The Balaban J connectivity index is 1.61. The van der Waals surface area contributed by atoms with Crippen molar-refractivity contribution in [1.29, 1.82) is 0 Å². The average molecular weight is 421 g/mol. The number of hydrogen-bond acceptors (Lipinski definition) is 5. The number of aromatic nitrogens is 2. The van der Waals surface area contributed by atoms with Crippen LogP contribution in [0.4, 0.5) is 10.8 Å². The first-order chi connectivity index (χ1) is 14.3. The predicted molar refractivity (Wildman–Crippen MR) is 122 cm³/mol. The molecule has 1 N–H and O–H groups in total. The molecule has 0 spiro atoms. The molecule has 0 bridgehead atoms. The molecular weight excluding hydrogens is 392 g/mol. The number of carbonyl (C=O) groups excluding carboxylic acids is 1. The van der Waals surface area contributed by atoms with E-state index >= 15 is 0 Å². The van der Waals surface area contributed by atoms with E-state index in [2.05, 4.69) is 47.6 Å². The second-order valence-corrected chi connectivity index (χ2v) is 9.43. The van der Waals surface area contributed by atoms with Crippen LogP contribution in [-0.4, -0.2) is 27.3 Å². The van der Waals surface area contributed by atoms with Crippen molar-refractivity contribution in [3.63, 3.8) is 0 Å². The summed E-state index contributed by atoms with van der Waals surface area (Å²) < 4.78 is 0. The summed E-state index contributed by atoms with van der Waals surface area (Å²) in [6.45, 7) is 8.87. The van der Waals surface area contributed by atoms with Crippen LogP contribution in [0.2, 0.25) is 0 Å². The molecule has 0 radical (unpaired) electrons. The third-order valence-corrected chi connectivity index (χ3v) is 6.51. The van der Waals surface area contributed by atoms with Gasteiger partial charge in [-0.1, -0.05) is 29.8 Å². The van der Waals surface area contributed by atoms with E-state index in [0.717, 1.165) is 47.2 Å². The number of nitrogens with zero attached hydrogens (tertiary/aromatic N) is 3. The number of pyridine rings is 1. The molecule has 156 valence electrons. The molecule has 0 saturated carbocycles. The fraction of sp³-hybridized carbons (Fsp3) is 0.375. The van der Waals surface area contributed by atoms with Gasteiger partial charge in [0.15, 0.2) is 5.13 Å². The molecule has 6 heteroatoms. The van der Waals surface area contributed by atoms with Crippen molar-refractivity contribution in [2.45, 2.75) is 52.0 Å². The fourth-order valence-electron chi connectivity index (χ4n) is 4.12. The molecule has 2 aromatic heterocycles. The van der Waals surface area contributed by atoms with Crippen molar-refractivity contribution in [2.75, 3.05) is 11.9 Å². The van der Waals surface area contributed by atoms with Gasteiger partial charge in [-0.3, -0.25) is 9.78 Å². The van der Waals surface area contributed by atoms with E-state index in [-0.39, 0.29) is 11.9 Å². The highest BCUT2D eigenvalue weighted by atomic mass is 32.1. The molecule has 5 nitrogen and oxygen atoms in total. The molecule has 1 fully saturated rings. The molecular formula is C24H28N4OS. The highest BCUT2D eigenvalue weighted by molar-refractivity contribution is 7.13. The number of anilines is 2. The van der Waals surface area contributed by atoms with Gasteiger partial charge in [0.2, 0.25) is 5.91 Å². The second-order valence-electron chi connectivity index (χ2n) is 8.53. The minimum Gasteiger partial charge on any atom is -0.333 e. The summed E-state index contributed by atoms with van der Waals surface area (Å²) >= 11 is 1.56. The summed E-state index contributed by atoms with van der Waals surface area (Å²) in [7, 11) is 0. The summed E-state index contributed by atoms with van der Waals surface area (Å²) in [5.41, 5.74) is 4.51. The van der Waals surface area contributed by atoms with Gasteiger partial charge in [-0.15, -0.1) is 11.3 Å². The van der Waals surface area contributed by atoms with Crippen LogP contribution in [0.3, 0.4) is 0 Å². The Morgan fingerprint density at radius 3 is 2.67 bits per heavy atom. The minimum absolute atomic E-state index is 0.000955. The van der Waals surface area contributed by atoms with Crippen LogP contribution in [-0.2, 0) is 10.2 Å². The zero-order valence-electron chi connectivity index (χ0n) is 18.0. The van der Waals surface area contributed by atoms with Gasteiger partial charge in [-0.05, 0) is 58.2 Å². The Morgan fingerprint density at radius 1 is 1.20 bits per heavy atom. The fourth-order valence-corrected chi connectivity index (χ4v) is 4.66. The van der Waals surface area contributed by atoms with Crippen LogP contribution >= 0.6 is 11.3 Å². The van der Waals surface area contributed by atoms with Gasteiger partial charge in [-0.2, -0.15) is 0 Å². The van der Waals surface area contributed by atoms with Crippen LogP contribution in [0, 0.1) is 13.8 Å². The number of hydrogen-bond donors (Lipinski definition) is 1. The van der Waals surface area contributed by atoms with Gasteiger partial charge in [0.25, 0.3) is 0 Å². The maximum absolute atomic E-state index is 13.6. The molecule has 4 rings (SSSR count). The molecule has 1 atom stereocenters. The first-order valence-electron chi connectivity index (χ1n) is 10.4. The van der Waals surface area contributed by atoms with Crippen LogP contribution in [0.1, 0.15) is 55.2 Å². The molecule has 0 aliphatic carbocycles. The number of carbonyl (C=O) groups is 1. The van der Waals surface area contributed by atoms with Gasteiger partial charge in [-0.25, -0.2) is 4.98 Å². The Labute approximate surface area is 182 Å². The summed E-state index contributed by atoms with van der Waals surface area (Å²) in [5.74, 6) is 0.159. The summed E-state index contributed by atoms with van der Waals surface area (Å²) in [6, 6.07) is 12.4. The zero-order chi connectivity index (χ0) is 21.3. The largest absolute Gasteiger partial charge is 0.333 e. The van der Waals surface area contributed by atoms with Crippen LogP contribution < -0.4 is 5.32 Å². The predicted octanol–water partition coefficient (Wildman–Crippen LogP) is 5.54. The van der Waals surface area contributed by atoms with Gasteiger partial charge in [0, 0.05) is 29.5 Å². The lowest BCUT2D eigenvalue weighted by Gasteiger charge is -2.33. The maximum atomic E-state index is 13.6. The highest BCUT2D eigenvalue weighted by Gasteiger charge is 2.40. The van der Waals surface area contributed by atoms with Crippen molar-refractivity contribution in [1.82, 2.24) is 14.9 Å². The van der Waals surface area contributed by atoms with E-state index in [1.807, 2.05) is 37.1 Å². The minimum atomic E-state index is -0.581. The average Bonchev–Trinajstić information content (AvgIpc) is 3.39. The van der Waals surface area contributed by atoms with E-state index < -0.39 is 5.41 Å². The standard InChI is InChI=1S/C24H28N4OS/c1-16-7-9-18(10-8-16)24(3,4)22(29)28-12-5-6-21(28)20-15-19(14-17(2)26-20)27-23-25-11-13-30-23/h7-11,13-15,21H,5-6,12H2,1-4H3,(H,25,26,27)/t21-/m0/s1. The van der Waals surface area contributed by atoms with E-state index in [1.165, 1.54) is 5.56 Å². The highest BCUT2D eigenvalue weighted by Crippen LogP contribution is 2.37. The molecule has 30 heavy (non-hydrogen) atoms.